The fourth-order valence-electron chi connectivity index (χ4n) is 1.98. The number of hydrogen-bond donors (Lipinski definition) is 3. The molecule has 0 bridgehead atoms. The third-order valence-electron chi connectivity index (χ3n) is 2.77. The van der Waals surface area contributed by atoms with Crippen LogP contribution in [0.15, 0.2) is 0 Å². The zero-order chi connectivity index (χ0) is 19.1. The van der Waals surface area contributed by atoms with Crippen molar-refractivity contribution in [1.29, 1.82) is 0 Å². The van der Waals surface area contributed by atoms with Crippen LogP contribution in [0, 0.1) is 0 Å². The Morgan fingerprint density at radius 2 is 0.792 bits per heavy atom. The Hall–Kier alpha value is 1.47. The number of aliphatic hydroxyl groups excluding tert-OH is 3. The van der Waals surface area contributed by atoms with Crippen LogP contribution in [-0.2, 0) is 49.0 Å². The van der Waals surface area contributed by atoms with Gasteiger partial charge in [0.2, 0.25) is 0 Å². The molecule has 3 N–H and O–H groups in total. The molecule has 1 aliphatic carbocycles. The largest absolute Gasteiger partial charge is 0.812 e. The van der Waals surface area contributed by atoms with Crippen molar-refractivity contribution >= 4 is 55.6 Å². The zero-order valence-corrected chi connectivity index (χ0v) is 16.2. The van der Waals surface area contributed by atoms with Crippen molar-refractivity contribution in [3.05, 3.63) is 0 Å². The Labute approximate surface area is 150 Å². The van der Waals surface area contributed by atoms with Gasteiger partial charge in [0, 0.05) is 0 Å². The van der Waals surface area contributed by atoms with Crippen LogP contribution in [0.4, 0.5) is 0 Å². The van der Waals surface area contributed by atoms with E-state index in [0.29, 0.717) is 0 Å². The average Bonchev–Trinajstić information content (AvgIpc) is 2.32. The first-order valence-corrected chi connectivity index (χ1v) is 13.3. The predicted molar refractivity (Wildman–Crippen MR) is 75.5 cm³/mol. The molecule has 0 amide bonds. The van der Waals surface area contributed by atoms with E-state index in [9.17, 15) is 44.7 Å². The van der Waals surface area contributed by atoms with Crippen molar-refractivity contribution in [2.75, 3.05) is 0 Å². The molecule has 6 unspecified atom stereocenters. The quantitative estimate of drug-likeness (QED) is 0.312. The number of rotatable bonds is 6. The minimum atomic E-state index is -5.05. The van der Waals surface area contributed by atoms with E-state index >= 15 is 0 Å². The summed E-state index contributed by atoms with van der Waals surface area (Å²) in [6.45, 7) is -15.1. The molecule has 0 aliphatic heterocycles. The van der Waals surface area contributed by atoms with Gasteiger partial charge in [0.15, 0.2) is 0 Å². The topological polar surface area (TPSA) is 227 Å². The maximum Gasteiger partial charge on any atom is 0.117 e. The molecule has 12 nitrogen and oxygen atoms in total. The molecule has 1 fully saturated rings. The number of hydrogen-bond acceptors (Lipinski definition) is 15. The molecule has 0 aromatic carbocycles. The molecule has 6 atom stereocenters. The molecule has 0 spiro atoms. The SMILES string of the molecule is [O-]P([O-])(=S)OC1C(O)C(O)C(OP([O-])([O-])=S)C(OP([O-])([O-])=S)C1O. The highest BCUT2D eigenvalue weighted by Crippen LogP contribution is 2.43. The van der Waals surface area contributed by atoms with Crippen molar-refractivity contribution in [2.24, 2.45) is 0 Å². The monoisotopic (exact) mass is 462 g/mol. The normalized spacial score (nSPS) is 35.9. The van der Waals surface area contributed by atoms with Crippen LogP contribution >= 0.6 is 20.2 Å². The summed E-state index contributed by atoms with van der Waals surface area (Å²) in [4.78, 5) is 66.3. The summed E-state index contributed by atoms with van der Waals surface area (Å²) in [6.07, 6.45) is -13.5. The van der Waals surface area contributed by atoms with Crippen LogP contribution in [0.3, 0.4) is 0 Å². The lowest BCUT2D eigenvalue weighted by molar-refractivity contribution is -0.352. The first-order valence-electron chi connectivity index (χ1n) is 5.67. The van der Waals surface area contributed by atoms with Gasteiger partial charge in [-0.05, 0) is 0 Å². The highest BCUT2D eigenvalue weighted by atomic mass is 32.5. The third-order valence-corrected chi connectivity index (χ3v) is 5.05. The molecule has 1 saturated carbocycles. The molecule has 0 saturated heterocycles. The Bertz CT molecular complexity index is 585. The zero-order valence-electron chi connectivity index (χ0n) is 11.0. The van der Waals surface area contributed by atoms with Crippen molar-refractivity contribution in [1.82, 2.24) is 0 Å². The van der Waals surface area contributed by atoms with Crippen LogP contribution in [-0.4, -0.2) is 51.9 Å². The summed E-state index contributed by atoms with van der Waals surface area (Å²) in [5.41, 5.74) is 0. The van der Waals surface area contributed by atoms with Gasteiger partial charge < -0.3 is 58.3 Å². The average molecular weight is 462 g/mol. The Morgan fingerprint density at radius 3 is 1.12 bits per heavy atom. The maximum absolute atomic E-state index is 11.1. The van der Waals surface area contributed by atoms with E-state index < -0.39 is 56.8 Å². The molecule has 144 valence electrons. The first-order chi connectivity index (χ1) is 10.5. The van der Waals surface area contributed by atoms with Crippen LogP contribution in [0.5, 0.6) is 0 Å². The molecule has 0 heterocycles. The van der Waals surface area contributed by atoms with Crippen LogP contribution < -0.4 is 29.4 Å². The van der Waals surface area contributed by atoms with Gasteiger partial charge in [-0.25, -0.2) is 0 Å². The van der Waals surface area contributed by atoms with Crippen molar-refractivity contribution in [3.63, 3.8) is 0 Å². The summed E-state index contributed by atoms with van der Waals surface area (Å²) in [5, 5.41) is 29.6. The molecular weight excluding hydrogens is 453 g/mol. The Kier molecular flexibility index (Phi) is 8.06. The second kappa shape index (κ2) is 8.23. The lowest BCUT2D eigenvalue weighted by Crippen LogP contribution is -2.66. The van der Waals surface area contributed by atoms with E-state index in [2.05, 4.69) is 49.0 Å². The van der Waals surface area contributed by atoms with Gasteiger partial charge in [0.25, 0.3) is 0 Å². The van der Waals surface area contributed by atoms with E-state index in [4.69, 9.17) is 0 Å². The van der Waals surface area contributed by atoms with Crippen LogP contribution in [0.1, 0.15) is 0 Å². The van der Waals surface area contributed by atoms with Gasteiger partial charge in [-0.3, -0.25) is 0 Å². The summed E-state index contributed by atoms with van der Waals surface area (Å²) >= 11 is 11.8. The number of aliphatic hydroxyl groups is 3. The van der Waals surface area contributed by atoms with Crippen molar-refractivity contribution < 1.29 is 58.3 Å². The minimum absolute atomic E-state index is 2.18. The van der Waals surface area contributed by atoms with E-state index in [1.54, 1.807) is 0 Å². The molecule has 1 aliphatic rings. The van der Waals surface area contributed by atoms with Gasteiger partial charge in [0.05, 0.1) is 0 Å². The van der Waals surface area contributed by atoms with E-state index in [1.807, 2.05) is 0 Å². The molecule has 0 aromatic heterocycles. The summed E-state index contributed by atoms with van der Waals surface area (Å²) in [5.74, 6) is 0. The van der Waals surface area contributed by atoms with Gasteiger partial charge in [-0.1, -0.05) is 20.2 Å². The minimum Gasteiger partial charge on any atom is -0.812 e. The fourth-order valence-corrected chi connectivity index (χ4v) is 4.51. The van der Waals surface area contributed by atoms with Gasteiger partial charge in [-0.15, -0.1) is 35.4 Å². The highest BCUT2D eigenvalue weighted by molar-refractivity contribution is 8.05. The Balaban J connectivity index is 3.23. The Morgan fingerprint density at radius 1 is 0.542 bits per heavy atom. The first kappa shape index (κ1) is 23.5. The summed E-state index contributed by atoms with van der Waals surface area (Å²) < 4.78 is 12.7. The predicted octanol–water partition coefficient (Wildman–Crippen LogP) is -6.93. The van der Waals surface area contributed by atoms with Gasteiger partial charge >= 0.3 is 0 Å². The summed E-state index contributed by atoms with van der Waals surface area (Å²) in [7, 11) is 0. The lowest BCUT2D eigenvalue weighted by Gasteiger charge is -2.53. The molecule has 18 heteroatoms. The third kappa shape index (κ3) is 7.24. The van der Waals surface area contributed by atoms with E-state index in [1.165, 1.54) is 0 Å². The van der Waals surface area contributed by atoms with Crippen LogP contribution in [0.2, 0.25) is 0 Å². The van der Waals surface area contributed by atoms with Crippen molar-refractivity contribution in [2.45, 2.75) is 36.6 Å². The van der Waals surface area contributed by atoms with Crippen molar-refractivity contribution in [3.8, 4) is 0 Å². The van der Waals surface area contributed by atoms with Gasteiger partial charge in [0.1, 0.15) is 36.6 Å². The van der Waals surface area contributed by atoms with Crippen LogP contribution in [0.25, 0.3) is 0 Å². The van der Waals surface area contributed by atoms with E-state index in [-0.39, 0.29) is 0 Å². The second-order valence-corrected chi connectivity index (χ2v) is 11.9. The fraction of sp³-hybridized carbons (Fsp3) is 1.00. The highest BCUT2D eigenvalue weighted by Gasteiger charge is 2.51. The molecule has 1 rings (SSSR count). The standard InChI is InChI=1S/C6H15O12P3S3/c7-1-2(8)5(17-20(12,13)23)6(18-21(14,15)24)3(9)4(1)16-19(10,11)22/h1-9H,(H2,10,11,22)(H2,12,13,23)(H2,14,15,24)/p-6. The smallest absolute Gasteiger partial charge is 0.117 e. The summed E-state index contributed by atoms with van der Waals surface area (Å²) in [6, 6.07) is 0. The van der Waals surface area contributed by atoms with Gasteiger partial charge in [-0.2, -0.15) is 0 Å². The second-order valence-electron chi connectivity index (χ2n) is 4.52. The molecule has 24 heavy (non-hydrogen) atoms. The molecule has 0 radical (unpaired) electrons. The lowest BCUT2D eigenvalue weighted by atomic mass is 9.85. The maximum atomic E-state index is 11.1. The molecule has 0 aromatic rings. The molecular formula is C6H9O12P3S3-6. The van der Waals surface area contributed by atoms with E-state index in [0.717, 1.165) is 0 Å².